The van der Waals surface area contributed by atoms with Crippen molar-refractivity contribution in [3.05, 3.63) is 40.4 Å². The van der Waals surface area contributed by atoms with Crippen LogP contribution in [0.4, 0.5) is 0 Å². The van der Waals surface area contributed by atoms with Crippen molar-refractivity contribution >= 4 is 27.7 Å². The van der Waals surface area contributed by atoms with Crippen molar-refractivity contribution in [2.45, 2.75) is 6.92 Å². The lowest BCUT2D eigenvalue weighted by Gasteiger charge is -2.01. The van der Waals surface area contributed by atoms with Crippen molar-refractivity contribution in [2.75, 3.05) is 6.61 Å². The summed E-state index contributed by atoms with van der Waals surface area (Å²) in [7, 11) is 0. The monoisotopic (exact) mass is 270 g/mol. The molecule has 80 valence electrons. The molecule has 4 heteroatoms. The van der Waals surface area contributed by atoms with Crippen LogP contribution in [0.15, 0.2) is 34.8 Å². The van der Waals surface area contributed by atoms with Crippen molar-refractivity contribution in [1.82, 2.24) is 0 Å². The van der Waals surface area contributed by atoms with Crippen molar-refractivity contribution in [3.8, 4) is 0 Å². The van der Waals surface area contributed by atoms with Gasteiger partial charge in [0.15, 0.2) is 0 Å². The molecule has 0 aromatic heterocycles. The number of rotatable bonds is 3. The minimum atomic E-state index is -0.546. The number of aliphatic hydroxyl groups excluding tert-OH is 1. The third-order valence-electron chi connectivity index (χ3n) is 1.66. The van der Waals surface area contributed by atoms with Crippen LogP contribution in [0.5, 0.6) is 0 Å². The number of carbonyl (C=O) groups is 1. The van der Waals surface area contributed by atoms with E-state index in [1.165, 1.54) is 0 Å². The van der Waals surface area contributed by atoms with Crippen LogP contribution in [0.25, 0.3) is 5.76 Å². The Labute approximate surface area is 96.5 Å². The number of ether oxygens (including phenoxy) is 1. The highest BCUT2D eigenvalue weighted by atomic mass is 79.9. The Kier molecular flexibility index (Phi) is 4.37. The van der Waals surface area contributed by atoms with Gasteiger partial charge in [-0.25, -0.2) is 4.79 Å². The summed E-state index contributed by atoms with van der Waals surface area (Å²) in [6.45, 7) is 2.00. The molecular weight excluding hydrogens is 260 g/mol. The number of hydrogen-bond acceptors (Lipinski definition) is 3. The zero-order valence-electron chi connectivity index (χ0n) is 8.24. The molecule has 1 N–H and O–H groups in total. The van der Waals surface area contributed by atoms with Crippen molar-refractivity contribution in [1.29, 1.82) is 0 Å². The van der Waals surface area contributed by atoms with Crippen LogP contribution in [0.1, 0.15) is 12.5 Å². The van der Waals surface area contributed by atoms with Gasteiger partial charge in [0.05, 0.1) is 12.7 Å². The van der Waals surface area contributed by atoms with Gasteiger partial charge in [0.1, 0.15) is 5.76 Å². The summed E-state index contributed by atoms with van der Waals surface area (Å²) in [6, 6.07) is 7.02. The Morgan fingerprint density at radius 3 is 2.93 bits per heavy atom. The summed E-state index contributed by atoms with van der Waals surface area (Å²) < 4.78 is 5.51. The number of carbonyl (C=O) groups excluding carboxylic acids is 1. The molecule has 0 amide bonds. The van der Waals surface area contributed by atoms with Gasteiger partial charge >= 0.3 is 5.97 Å². The lowest BCUT2D eigenvalue weighted by atomic mass is 10.2. The van der Waals surface area contributed by atoms with Crippen LogP contribution >= 0.6 is 15.9 Å². The summed E-state index contributed by atoms with van der Waals surface area (Å²) in [5, 5.41) is 9.58. The second-order valence-electron chi connectivity index (χ2n) is 2.79. The fraction of sp³-hybridized carbons (Fsp3) is 0.182. The van der Waals surface area contributed by atoms with Gasteiger partial charge < -0.3 is 9.84 Å². The van der Waals surface area contributed by atoms with E-state index in [9.17, 15) is 9.90 Å². The molecular formula is C11H11BrO3. The van der Waals surface area contributed by atoms with Gasteiger partial charge in [-0.2, -0.15) is 0 Å². The van der Waals surface area contributed by atoms with E-state index in [4.69, 9.17) is 0 Å². The lowest BCUT2D eigenvalue weighted by Crippen LogP contribution is -2.00. The minimum Gasteiger partial charge on any atom is -0.507 e. The Morgan fingerprint density at radius 1 is 1.60 bits per heavy atom. The summed E-state index contributed by atoms with van der Waals surface area (Å²) in [4.78, 5) is 11.0. The highest BCUT2D eigenvalue weighted by Crippen LogP contribution is 2.17. The fourth-order valence-corrected chi connectivity index (χ4v) is 1.43. The van der Waals surface area contributed by atoms with E-state index in [0.29, 0.717) is 12.2 Å². The molecule has 15 heavy (non-hydrogen) atoms. The van der Waals surface area contributed by atoms with Crippen molar-refractivity contribution in [3.63, 3.8) is 0 Å². The molecule has 0 saturated carbocycles. The Hall–Kier alpha value is -1.29. The van der Waals surface area contributed by atoms with Crippen LogP contribution in [0.3, 0.4) is 0 Å². The van der Waals surface area contributed by atoms with E-state index in [2.05, 4.69) is 20.7 Å². The molecule has 3 nitrogen and oxygen atoms in total. The molecule has 0 unspecified atom stereocenters. The van der Waals surface area contributed by atoms with Gasteiger partial charge in [-0.15, -0.1) is 0 Å². The standard InChI is InChI=1S/C11H11BrO3/c1-2-15-11(14)7-10(13)8-4-3-5-9(12)6-8/h3-7,13H,2H2,1H3. The molecule has 0 heterocycles. The zero-order valence-corrected chi connectivity index (χ0v) is 9.82. The second-order valence-corrected chi connectivity index (χ2v) is 3.71. The van der Waals surface area contributed by atoms with E-state index in [-0.39, 0.29) is 5.76 Å². The first-order chi connectivity index (χ1) is 7.13. The molecule has 1 aromatic carbocycles. The fourth-order valence-electron chi connectivity index (χ4n) is 1.03. The molecule has 0 radical (unpaired) electrons. The van der Waals surface area contributed by atoms with Crippen LogP contribution in [-0.4, -0.2) is 17.7 Å². The Balaban J connectivity index is 2.84. The number of esters is 1. The SMILES string of the molecule is CCOC(=O)C=C(O)c1cccc(Br)c1. The zero-order chi connectivity index (χ0) is 11.3. The number of aliphatic hydroxyl groups is 1. The summed E-state index contributed by atoms with van der Waals surface area (Å²) in [5.74, 6) is -0.648. The first-order valence-corrected chi connectivity index (χ1v) is 5.26. The minimum absolute atomic E-state index is 0.102. The summed E-state index contributed by atoms with van der Waals surface area (Å²) >= 11 is 3.27. The van der Waals surface area contributed by atoms with Gasteiger partial charge in [-0.3, -0.25) is 0 Å². The molecule has 0 saturated heterocycles. The van der Waals surface area contributed by atoms with Gasteiger partial charge in [0.25, 0.3) is 0 Å². The van der Waals surface area contributed by atoms with E-state index in [1.54, 1.807) is 25.1 Å². The predicted molar refractivity (Wildman–Crippen MR) is 61.4 cm³/mol. The molecule has 0 fully saturated rings. The van der Waals surface area contributed by atoms with Gasteiger partial charge in [0, 0.05) is 10.0 Å². The average molecular weight is 271 g/mol. The first kappa shape index (κ1) is 11.8. The molecule has 0 aliphatic heterocycles. The quantitative estimate of drug-likeness (QED) is 0.522. The highest BCUT2D eigenvalue weighted by Gasteiger charge is 2.03. The third-order valence-corrected chi connectivity index (χ3v) is 2.15. The van der Waals surface area contributed by atoms with Crippen molar-refractivity contribution in [2.24, 2.45) is 0 Å². The number of hydrogen-bond donors (Lipinski definition) is 1. The van der Waals surface area contributed by atoms with Crippen LogP contribution in [0.2, 0.25) is 0 Å². The van der Waals surface area contributed by atoms with Gasteiger partial charge in [-0.1, -0.05) is 28.1 Å². The summed E-state index contributed by atoms with van der Waals surface area (Å²) in [5.41, 5.74) is 0.567. The molecule has 0 bridgehead atoms. The maximum atomic E-state index is 11.0. The van der Waals surface area contributed by atoms with Crippen molar-refractivity contribution < 1.29 is 14.6 Å². The highest BCUT2D eigenvalue weighted by molar-refractivity contribution is 9.10. The van der Waals surface area contributed by atoms with Crippen LogP contribution in [0, 0.1) is 0 Å². The van der Waals surface area contributed by atoms with Crippen LogP contribution < -0.4 is 0 Å². The second kappa shape index (κ2) is 5.56. The normalized spacial score (nSPS) is 11.2. The van der Waals surface area contributed by atoms with E-state index < -0.39 is 5.97 Å². The van der Waals surface area contributed by atoms with E-state index in [1.807, 2.05) is 6.07 Å². The molecule has 1 aromatic rings. The molecule has 0 spiro atoms. The van der Waals surface area contributed by atoms with Gasteiger partial charge in [0.2, 0.25) is 0 Å². The van der Waals surface area contributed by atoms with E-state index in [0.717, 1.165) is 10.5 Å². The number of halogens is 1. The Morgan fingerprint density at radius 2 is 2.33 bits per heavy atom. The smallest absolute Gasteiger partial charge is 0.334 e. The predicted octanol–water partition coefficient (Wildman–Crippen LogP) is 2.91. The first-order valence-electron chi connectivity index (χ1n) is 4.47. The topological polar surface area (TPSA) is 46.5 Å². The van der Waals surface area contributed by atoms with E-state index >= 15 is 0 Å². The molecule has 0 aliphatic rings. The number of benzene rings is 1. The lowest BCUT2D eigenvalue weighted by molar-refractivity contribution is -0.137. The molecule has 0 aliphatic carbocycles. The van der Waals surface area contributed by atoms with Crippen LogP contribution in [-0.2, 0) is 9.53 Å². The molecule has 1 rings (SSSR count). The average Bonchev–Trinajstić information content (AvgIpc) is 2.18. The maximum Gasteiger partial charge on any atom is 0.334 e. The third kappa shape index (κ3) is 3.75. The molecule has 0 atom stereocenters. The summed E-state index contributed by atoms with van der Waals surface area (Å²) in [6.07, 6.45) is 1.06. The Bertz CT molecular complexity index is 385. The largest absolute Gasteiger partial charge is 0.507 e. The van der Waals surface area contributed by atoms with Gasteiger partial charge in [-0.05, 0) is 19.1 Å². The maximum absolute atomic E-state index is 11.0.